The van der Waals surface area contributed by atoms with Gasteiger partial charge in [0.1, 0.15) is 12.4 Å². The van der Waals surface area contributed by atoms with Gasteiger partial charge in [-0.15, -0.1) is 5.10 Å². The van der Waals surface area contributed by atoms with Crippen LogP contribution >= 0.6 is 0 Å². The molecule has 1 saturated heterocycles. The van der Waals surface area contributed by atoms with Crippen LogP contribution in [0.15, 0.2) is 6.07 Å². The normalized spacial score (nSPS) is 15.5. The van der Waals surface area contributed by atoms with Gasteiger partial charge in [0.15, 0.2) is 5.82 Å². The standard InChI is InChI=1S/C18H28N8O/c1-14-11-15(2)21-16(20-14)7-8-19-18(27)13-26-17(22-23-24-26)12-25-9-5-3-4-6-10-25/h11H,3-10,12-13H2,1-2H3,(H,19,27). The number of nitrogens with one attached hydrogen (secondary N) is 1. The summed E-state index contributed by atoms with van der Waals surface area (Å²) in [5, 5.41) is 14.7. The summed E-state index contributed by atoms with van der Waals surface area (Å²) in [7, 11) is 0. The second-order valence-electron chi connectivity index (χ2n) is 7.11. The molecule has 0 radical (unpaired) electrons. The van der Waals surface area contributed by atoms with E-state index in [9.17, 15) is 4.79 Å². The number of carbonyl (C=O) groups excluding carboxylic acids is 1. The highest BCUT2D eigenvalue weighted by Crippen LogP contribution is 2.11. The van der Waals surface area contributed by atoms with Gasteiger partial charge in [-0.1, -0.05) is 12.8 Å². The number of nitrogens with zero attached hydrogens (tertiary/aromatic N) is 7. The number of rotatable bonds is 7. The molecule has 1 aliphatic heterocycles. The van der Waals surface area contributed by atoms with E-state index in [1.165, 1.54) is 25.7 Å². The van der Waals surface area contributed by atoms with Gasteiger partial charge < -0.3 is 5.32 Å². The molecular weight excluding hydrogens is 344 g/mol. The Balaban J connectivity index is 1.47. The zero-order valence-corrected chi connectivity index (χ0v) is 16.2. The smallest absolute Gasteiger partial charge is 0.241 e. The van der Waals surface area contributed by atoms with Gasteiger partial charge >= 0.3 is 0 Å². The minimum absolute atomic E-state index is 0.108. The van der Waals surface area contributed by atoms with Gasteiger partial charge in [0, 0.05) is 24.4 Å². The lowest BCUT2D eigenvalue weighted by Gasteiger charge is -2.18. The van der Waals surface area contributed by atoms with Crippen LogP contribution in [0.4, 0.5) is 0 Å². The van der Waals surface area contributed by atoms with E-state index in [4.69, 9.17) is 0 Å². The average molecular weight is 372 g/mol. The topological polar surface area (TPSA) is 102 Å². The van der Waals surface area contributed by atoms with E-state index in [1.807, 2.05) is 19.9 Å². The number of hydrogen-bond acceptors (Lipinski definition) is 7. The summed E-state index contributed by atoms with van der Waals surface area (Å²) in [5.41, 5.74) is 1.88. The molecule has 27 heavy (non-hydrogen) atoms. The van der Waals surface area contributed by atoms with Crippen molar-refractivity contribution < 1.29 is 4.79 Å². The third-order valence-corrected chi connectivity index (χ3v) is 4.66. The Bertz CT molecular complexity index is 731. The first-order chi connectivity index (χ1) is 13.1. The second kappa shape index (κ2) is 9.50. The van der Waals surface area contributed by atoms with Crippen LogP contribution in [-0.4, -0.2) is 60.6 Å². The van der Waals surface area contributed by atoms with Crippen molar-refractivity contribution in [2.45, 2.75) is 59.0 Å². The van der Waals surface area contributed by atoms with E-state index >= 15 is 0 Å². The lowest BCUT2D eigenvalue weighted by molar-refractivity contribution is -0.121. The largest absolute Gasteiger partial charge is 0.354 e. The highest BCUT2D eigenvalue weighted by Gasteiger charge is 2.15. The molecule has 9 nitrogen and oxygen atoms in total. The summed E-state index contributed by atoms with van der Waals surface area (Å²) in [5.74, 6) is 1.38. The minimum atomic E-state index is -0.108. The molecule has 0 aromatic carbocycles. The van der Waals surface area contributed by atoms with Gasteiger partial charge in [-0.05, 0) is 56.3 Å². The molecule has 2 aromatic heterocycles. The van der Waals surface area contributed by atoms with E-state index < -0.39 is 0 Å². The Kier molecular flexibility index (Phi) is 6.80. The number of likely N-dealkylation sites (tertiary alicyclic amines) is 1. The second-order valence-corrected chi connectivity index (χ2v) is 7.11. The van der Waals surface area contributed by atoms with Crippen molar-refractivity contribution in [1.82, 2.24) is 40.4 Å². The summed E-state index contributed by atoms with van der Waals surface area (Å²) in [4.78, 5) is 23.4. The van der Waals surface area contributed by atoms with Crippen molar-refractivity contribution in [2.24, 2.45) is 0 Å². The Morgan fingerprint density at radius 3 is 2.52 bits per heavy atom. The SMILES string of the molecule is Cc1cc(C)nc(CCNC(=O)Cn2nnnc2CN2CCCCCC2)n1. The highest BCUT2D eigenvalue weighted by atomic mass is 16.2. The molecular formula is C18H28N8O. The molecule has 1 fully saturated rings. The summed E-state index contributed by atoms with van der Waals surface area (Å²) in [6.07, 6.45) is 5.59. The van der Waals surface area contributed by atoms with Gasteiger partial charge in [0.2, 0.25) is 5.91 Å². The van der Waals surface area contributed by atoms with Crippen molar-refractivity contribution in [3.05, 3.63) is 29.1 Å². The molecule has 0 aliphatic carbocycles. The van der Waals surface area contributed by atoms with Gasteiger partial charge in [0.25, 0.3) is 0 Å². The van der Waals surface area contributed by atoms with Crippen LogP contribution in [0.2, 0.25) is 0 Å². The molecule has 0 atom stereocenters. The average Bonchev–Trinajstić information content (AvgIpc) is 2.87. The van der Waals surface area contributed by atoms with Crippen molar-refractivity contribution in [2.75, 3.05) is 19.6 Å². The first-order valence-corrected chi connectivity index (χ1v) is 9.65. The first-order valence-electron chi connectivity index (χ1n) is 9.65. The van der Waals surface area contributed by atoms with Crippen LogP contribution < -0.4 is 5.32 Å². The quantitative estimate of drug-likeness (QED) is 0.767. The first kappa shape index (κ1) is 19.3. The van der Waals surface area contributed by atoms with Gasteiger partial charge in [0.05, 0.1) is 6.54 Å². The maximum absolute atomic E-state index is 12.3. The van der Waals surface area contributed by atoms with E-state index in [-0.39, 0.29) is 12.5 Å². The molecule has 1 amide bonds. The van der Waals surface area contributed by atoms with Crippen LogP contribution in [0.1, 0.15) is 48.7 Å². The minimum Gasteiger partial charge on any atom is -0.354 e. The molecule has 0 unspecified atom stereocenters. The van der Waals surface area contributed by atoms with E-state index in [0.29, 0.717) is 19.5 Å². The van der Waals surface area contributed by atoms with Crippen LogP contribution in [-0.2, 0) is 24.3 Å². The summed E-state index contributed by atoms with van der Waals surface area (Å²) >= 11 is 0. The van der Waals surface area contributed by atoms with Crippen LogP contribution in [0, 0.1) is 13.8 Å². The van der Waals surface area contributed by atoms with Crippen LogP contribution in [0.3, 0.4) is 0 Å². The molecule has 1 N–H and O–H groups in total. The van der Waals surface area contributed by atoms with E-state index in [2.05, 4.69) is 35.7 Å². The van der Waals surface area contributed by atoms with Crippen molar-refractivity contribution in [3.8, 4) is 0 Å². The summed E-state index contributed by atoms with van der Waals surface area (Å²) in [6.45, 7) is 7.33. The van der Waals surface area contributed by atoms with Crippen LogP contribution in [0.25, 0.3) is 0 Å². The van der Waals surface area contributed by atoms with Gasteiger partial charge in [-0.2, -0.15) is 0 Å². The monoisotopic (exact) mass is 372 g/mol. The Hall–Kier alpha value is -2.42. The van der Waals surface area contributed by atoms with Crippen molar-refractivity contribution in [3.63, 3.8) is 0 Å². The molecule has 0 spiro atoms. The number of aromatic nitrogens is 6. The van der Waals surface area contributed by atoms with E-state index in [1.54, 1.807) is 4.68 Å². The third-order valence-electron chi connectivity index (χ3n) is 4.66. The number of hydrogen-bond donors (Lipinski definition) is 1. The predicted molar refractivity (Wildman–Crippen MR) is 99.8 cm³/mol. The van der Waals surface area contributed by atoms with Crippen LogP contribution in [0.5, 0.6) is 0 Å². The molecule has 3 heterocycles. The van der Waals surface area contributed by atoms with Gasteiger partial charge in [-0.25, -0.2) is 14.6 Å². The van der Waals surface area contributed by atoms with Crippen molar-refractivity contribution >= 4 is 5.91 Å². The molecule has 3 rings (SSSR count). The lowest BCUT2D eigenvalue weighted by atomic mass is 10.2. The lowest BCUT2D eigenvalue weighted by Crippen LogP contribution is -2.32. The number of carbonyl (C=O) groups is 1. The maximum atomic E-state index is 12.3. The summed E-state index contributed by atoms with van der Waals surface area (Å²) in [6, 6.07) is 1.94. The zero-order chi connectivity index (χ0) is 19.1. The third kappa shape index (κ3) is 6.06. The Morgan fingerprint density at radius 2 is 1.81 bits per heavy atom. The van der Waals surface area contributed by atoms with Crippen molar-refractivity contribution in [1.29, 1.82) is 0 Å². The number of amides is 1. The summed E-state index contributed by atoms with van der Waals surface area (Å²) < 4.78 is 1.59. The maximum Gasteiger partial charge on any atom is 0.241 e. The number of tetrazole rings is 1. The fourth-order valence-corrected chi connectivity index (χ4v) is 3.37. The molecule has 0 saturated carbocycles. The molecule has 1 aliphatic rings. The molecule has 9 heteroatoms. The Labute approximate surface area is 159 Å². The fraction of sp³-hybridized carbons (Fsp3) is 0.667. The predicted octanol–water partition coefficient (Wildman–Crippen LogP) is 0.815. The highest BCUT2D eigenvalue weighted by molar-refractivity contribution is 5.75. The molecule has 146 valence electrons. The fourth-order valence-electron chi connectivity index (χ4n) is 3.37. The Morgan fingerprint density at radius 1 is 1.11 bits per heavy atom. The number of aryl methyl sites for hydroxylation is 2. The van der Waals surface area contributed by atoms with Gasteiger partial charge in [-0.3, -0.25) is 9.69 Å². The molecule has 0 bridgehead atoms. The molecule has 2 aromatic rings. The zero-order valence-electron chi connectivity index (χ0n) is 16.2. The van der Waals surface area contributed by atoms with E-state index in [0.717, 1.165) is 36.1 Å².